The van der Waals surface area contributed by atoms with E-state index in [2.05, 4.69) is 56.4 Å². The van der Waals surface area contributed by atoms with Crippen LogP contribution in [0.5, 0.6) is 0 Å². The van der Waals surface area contributed by atoms with Crippen LogP contribution in [0.3, 0.4) is 0 Å². The molecule has 1 saturated heterocycles. The molecule has 5 heteroatoms. The molecule has 0 N–H and O–H groups in total. The quantitative estimate of drug-likeness (QED) is 0.310. The third-order valence-electron chi connectivity index (χ3n) is 6.97. The molecule has 0 amide bonds. The molecule has 3 aromatic carbocycles. The third-order valence-corrected chi connectivity index (χ3v) is 6.97. The van der Waals surface area contributed by atoms with Gasteiger partial charge < -0.3 is 13.7 Å². The number of pyridine rings is 1. The van der Waals surface area contributed by atoms with Gasteiger partial charge in [0.25, 0.3) is 0 Å². The number of fused-ring (bicyclic) bond motifs is 5. The lowest BCUT2D eigenvalue weighted by Gasteiger charge is -2.32. The van der Waals surface area contributed by atoms with Gasteiger partial charge >= 0.3 is 7.12 Å². The number of rotatable bonds is 1. The van der Waals surface area contributed by atoms with Crippen LogP contribution < -0.4 is 10.9 Å². The summed E-state index contributed by atoms with van der Waals surface area (Å²) in [6.07, 6.45) is 0. The molecule has 1 fully saturated rings. The second kappa shape index (κ2) is 5.62. The first-order valence-corrected chi connectivity index (χ1v) is 10.4. The summed E-state index contributed by atoms with van der Waals surface area (Å²) >= 11 is 0. The average molecular weight is 395 g/mol. The molecule has 0 atom stereocenters. The summed E-state index contributed by atoms with van der Waals surface area (Å²) in [4.78, 5) is 13.1. The van der Waals surface area contributed by atoms with Crippen molar-refractivity contribution >= 4 is 50.7 Å². The molecule has 0 radical (unpaired) electrons. The van der Waals surface area contributed by atoms with Crippen molar-refractivity contribution in [1.82, 2.24) is 4.40 Å². The van der Waals surface area contributed by atoms with Gasteiger partial charge in [0.1, 0.15) is 0 Å². The maximum absolute atomic E-state index is 13.1. The first-order chi connectivity index (χ1) is 14.3. The van der Waals surface area contributed by atoms with E-state index < -0.39 is 18.3 Å². The van der Waals surface area contributed by atoms with Gasteiger partial charge in [-0.1, -0.05) is 36.4 Å². The average Bonchev–Trinajstić information content (AvgIpc) is 3.16. The van der Waals surface area contributed by atoms with E-state index in [0.717, 1.165) is 43.6 Å². The van der Waals surface area contributed by atoms with E-state index >= 15 is 0 Å². The molecule has 0 bridgehead atoms. The predicted octanol–water partition coefficient (Wildman–Crippen LogP) is 4.50. The highest BCUT2D eigenvalue weighted by Crippen LogP contribution is 2.37. The normalized spacial score (nSPS) is 18.3. The van der Waals surface area contributed by atoms with Crippen molar-refractivity contribution in [3.8, 4) is 0 Å². The molecular formula is C25H22BNO3. The van der Waals surface area contributed by atoms with Crippen LogP contribution in [0.15, 0.2) is 65.5 Å². The van der Waals surface area contributed by atoms with Gasteiger partial charge in [0.2, 0.25) is 0 Å². The van der Waals surface area contributed by atoms with Crippen molar-refractivity contribution in [2.45, 2.75) is 38.9 Å². The molecule has 148 valence electrons. The lowest BCUT2D eigenvalue weighted by molar-refractivity contribution is 0.00578. The Bertz CT molecular complexity index is 1520. The third kappa shape index (κ3) is 2.17. The van der Waals surface area contributed by atoms with Crippen LogP contribution in [0, 0.1) is 0 Å². The standard InChI is InChI=1S/C25H22BNO3/c1-24(2)25(3,4)30-26(29-24)15-12-13-16-17-9-7-10-19-22(17)27(21(16)14-15)20-11-6-5-8-18(20)23(19)28/h5-14H,1-4H3. The molecule has 3 heterocycles. The number of hydrogen-bond donors (Lipinski definition) is 0. The molecular weight excluding hydrogens is 373 g/mol. The fraction of sp³-hybridized carbons (Fsp3) is 0.240. The van der Waals surface area contributed by atoms with Crippen LogP contribution >= 0.6 is 0 Å². The molecule has 0 unspecified atom stereocenters. The number of aromatic nitrogens is 1. The van der Waals surface area contributed by atoms with E-state index in [4.69, 9.17) is 9.31 Å². The van der Waals surface area contributed by atoms with Crippen molar-refractivity contribution < 1.29 is 9.31 Å². The Hall–Kier alpha value is -2.89. The van der Waals surface area contributed by atoms with Crippen LogP contribution in [-0.2, 0) is 9.31 Å². The summed E-state index contributed by atoms with van der Waals surface area (Å²) in [6, 6.07) is 20.1. The Morgan fingerprint density at radius 1 is 0.733 bits per heavy atom. The maximum atomic E-state index is 13.1. The van der Waals surface area contributed by atoms with Crippen LogP contribution in [0.4, 0.5) is 0 Å². The Balaban J connectivity index is 1.71. The van der Waals surface area contributed by atoms with Gasteiger partial charge in [0, 0.05) is 21.5 Å². The summed E-state index contributed by atoms with van der Waals surface area (Å²) in [7, 11) is -0.426. The zero-order valence-electron chi connectivity index (χ0n) is 17.5. The van der Waals surface area contributed by atoms with E-state index in [1.165, 1.54) is 0 Å². The molecule has 0 aliphatic carbocycles. The molecule has 30 heavy (non-hydrogen) atoms. The zero-order chi connectivity index (χ0) is 20.8. The van der Waals surface area contributed by atoms with E-state index in [9.17, 15) is 4.79 Å². The van der Waals surface area contributed by atoms with Gasteiger partial charge in [-0.25, -0.2) is 0 Å². The first-order valence-electron chi connectivity index (χ1n) is 10.4. The molecule has 2 aromatic heterocycles. The molecule has 0 saturated carbocycles. The highest BCUT2D eigenvalue weighted by molar-refractivity contribution is 6.62. The fourth-order valence-electron chi connectivity index (χ4n) is 4.65. The lowest BCUT2D eigenvalue weighted by atomic mass is 9.79. The second-order valence-electron chi connectivity index (χ2n) is 9.25. The minimum Gasteiger partial charge on any atom is -0.399 e. The minimum absolute atomic E-state index is 0.0812. The van der Waals surface area contributed by atoms with Gasteiger partial charge in [-0.3, -0.25) is 4.79 Å². The highest BCUT2D eigenvalue weighted by Gasteiger charge is 2.51. The lowest BCUT2D eigenvalue weighted by Crippen LogP contribution is -2.41. The first kappa shape index (κ1) is 17.9. The van der Waals surface area contributed by atoms with E-state index in [-0.39, 0.29) is 5.43 Å². The monoisotopic (exact) mass is 395 g/mol. The van der Waals surface area contributed by atoms with Crippen LogP contribution in [0.25, 0.3) is 38.1 Å². The molecule has 5 aromatic rings. The maximum Gasteiger partial charge on any atom is 0.494 e. The van der Waals surface area contributed by atoms with E-state index in [1.807, 2.05) is 36.4 Å². The van der Waals surface area contributed by atoms with Gasteiger partial charge in [0.15, 0.2) is 5.43 Å². The second-order valence-corrected chi connectivity index (χ2v) is 9.25. The SMILES string of the molecule is CC1(C)OB(c2ccc3c4cccc5c(=O)c6ccccc6n(c3c2)c54)OC1(C)C. The summed E-state index contributed by atoms with van der Waals surface area (Å²) in [5.74, 6) is 0. The van der Waals surface area contributed by atoms with Gasteiger partial charge in [0.05, 0.1) is 27.8 Å². The highest BCUT2D eigenvalue weighted by atomic mass is 16.7. The van der Waals surface area contributed by atoms with E-state index in [1.54, 1.807) is 0 Å². The predicted molar refractivity (Wildman–Crippen MR) is 123 cm³/mol. The van der Waals surface area contributed by atoms with Crippen molar-refractivity contribution in [3.63, 3.8) is 0 Å². The van der Waals surface area contributed by atoms with Gasteiger partial charge in [-0.2, -0.15) is 0 Å². The minimum atomic E-state index is -0.426. The van der Waals surface area contributed by atoms with Crippen molar-refractivity contribution in [3.05, 3.63) is 70.9 Å². The van der Waals surface area contributed by atoms with Crippen molar-refractivity contribution in [1.29, 1.82) is 0 Å². The number of nitrogens with zero attached hydrogens (tertiary/aromatic N) is 1. The van der Waals surface area contributed by atoms with Crippen molar-refractivity contribution in [2.75, 3.05) is 0 Å². The number of hydrogen-bond acceptors (Lipinski definition) is 3. The van der Waals surface area contributed by atoms with Crippen molar-refractivity contribution in [2.24, 2.45) is 0 Å². The smallest absolute Gasteiger partial charge is 0.399 e. The Morgan fingerprint density at radius 3 is 2.17 bits per heavy atom. The summed E-state index contributed by atoms with van der Waals surface area (Å²) in [6.45, 7) is 8.26. The molecule has 1 aliphatic heterocycles. The topological polar surface area (TPSA) is 39.9 Å². The Morgan fingerprint density at radius 2 is 1.40 bits per heavy atom. The molecule has 1 aliphatic rings. The van der Waals surface area contributed by atoms with E-state index in [0.29, 0.717) is 0 Å². The molecule has 6 rings (SSSR count). The zero-order valence-corrected chi connectivity index (χ0v) is 17.5. The summed E-state index contributed by atoms with van der Waals surface area (Å²) < 4.78 is 14.8. The fourth-order valence-corrected chi connectivity index (χ4v) is 4.65. The van der Waals surface area contributed by atoms with Crippen LogP contribution in [-0.4, -0.2) is 22.7 Å². The Labute approximate surface area is 174 Å². The van der Waals surface area contributed by atoms with Crippen LogP contribution in [0.2, 0.25) is 0 Å². The Kier molecular flexibility index (Phi) is 3.36. The molecule has 0 spiro atoms. The van der Waals surface area contributed by atoms with Gasteiger partial charge in [-0.05, 0) is 57.4 Å². The largest absolute Gasteiger partial charge is 0.494 e. The summed E-state index contributed by atoms with van der Waals surface area (Å²) in [5.41, 5.74) is 3.24. The number of benzene rings is 3. The van der Waals surface area contributed by atoms with Gasteiger partial charge in [-0.15, -0.1) is 0 Å². The number of para-hydroxylation sites is 2. The van der Waals surface area contributed by atoms with Crippen LogP contribution in [0.1, 0.15) is 27.7 Å². The molecule has 4 nitrogen and oxygen atoms in total. The summed E-state index contributed by atoms with van der Waals surface area (Å²) in [5, 5.41) is 3.69.